The highest BCUT2D eigenvalue weighted by atomic mass is 35.5. The smallest absolute Gasteiger partial charge is 0.351 e. The molecule has 4 nitrogen and oxygen atoms in total. The molecule has 0 aromatic carbocycles. The second kappa shape index (κ2) is 6.32. The summed E-state index contributed by atoms with van der Waals surface area (Å²) in [7, 11) is 1.32. The van der Waals surface area contributed by atoms with Gasteiger partial charge in [0.15, 0.2) is 15.2 Å². The van der Waals surface area contributed by atoms with Gasteiger partial charge in [-0.2, -0.15) is 11.8 Å². The van der Waals surface area contributed by atoms with Gasteiger partial charge < -0.3 is 10.1 Å². The number of carbonyl (C=O) groups is 1. The van der Waals surface area contributed by atoms with Crippen molar-refractivity contribution in [3.63, 3.8) is 0 Å². The summed E-state index contributed by atoms with van der Waals surface area (Å²) in [5.41, 5.74) is 0. The number of halogens is 1. The lowest BCUT2D eigenvalue weighted by atomic mass is 10.5. The van der Waals surface area contributed by atoms with Crippen LogP contribution in [-0.4, -0.2) is 36.1 Å². The molecule has 1 aromatic rings. The number of hydrogen-bond acceptors (Lipinski definition) is 6. The summed E-state index contributed by atoms with van der Waals surface area (Å²) in [6, 6.07) is 0. The molecule has 0 saturated heterocycles. The van der Waals surface area contributed by atoms with E-state index < -0.39 is 5.97 Å². The molecule has 1 rings (SSSR count). The first-order valence-corrected chi connectivity index (χ1v) is 7.08. The van der Waals surface area contributed by atoms with E-state index in [1.807, 2.05) is 6.26 Å². The van der Waals surface area contributed by atoms with E-state index in [0.29, 0.717) is 15.3 Å². The van der Waals surface area contributed by atoms with Gasteiger partial charge in [0.2, 0.25) is 0 Å². The van der Waals surface area contributed by atoms with Crippen LogP contribution in [0.15, 0.2) is 0 Å². The van der Waals surface area contributed by atoms with Gasteiger partial charge in [-0.1, -0.05) is 29.9 Å². The number of thioether (sulfide) groups is 1. The number of nitrogens with zero attached hydrogens (tertiary/aromatic N) is 1. The third-order valence-electron chi connectivity index (χ3n) is 1.90. The van der Waals surface area contributed by atoms with Crippen molar-refractivity contribution in [2.75, 3.05) is 25.2 Å². The number of hydrogen-bond donors (Lipinski definition) is 1. The zero-order chi connectivity index (χ0) is 12.1. The van der Waals surface area contributed by atoms with Crippen LogP contribution in [0.25, 0.3) is 0 Å². The van der Waals surface area contributed by atoms with E-state index in [1.165, 1.54) is 18.4 Å². The molecule has 0 fully saturated rings. The number of ether oxygens (including phenoxy) is 1. The average molecular weight is 281 g/mol. The van der Waals surface area contributed by atoms with Crippen molar-refractivity contribution in [2.24, 2.45) is 0 Å². The topological polar surface area (TPSA) is 51.2 Å². The molecule has 0 radical (unpaired) electrons. The van der Waals surface area contributed by atoms with E-state index in [1.54, 1.807) is 11.8 Å². The van der Waals surface area contributed by atoms with Gasteiger partial charge in [0.25, 0.3) is 0 Å². The van der Waals surface area contributed by atoms with Crippen LogP contribution in [0.3, 0.4) is 0 Å². The molecule has 16 heavy (non-hydrogen) atoms. The molecule has 90 valence electrons. The lowest BCUT2D eigenvalue weighted by molar-refractivity contribution is 0.0606. The molecule has 0 amide bonds. The predicted octanol–water partition coefficient (Wildman–Crippen LogP) is 2.75. The number of esters is 1. The van der Waals surface area contributed by atoms with Crippen molar-refractivity contribution in [3.8, 4) is 0 Å². The van der Waals surface area contributed by atoms with Gasteiger partial charge in [0.05, 0.1) is 7.11 Å². The molecule has 0 aliphatic heterocycles. The number of carbonyl (C=O) groups excluding carboxylic acids is 1. The van der Waals surface area contributed by atoms with Crippen molar-refractivity contribution in [1.82, 2.24) is 4.98 Å². The molecule has 0 saturated carbocycles. The zero-order valence-corrected chi connectivity index (χ0v) is 11.6. The van der Waals surface area contributed by atoms with Crippen LogP contribution in [0.5, 0.6) is 0 Å². The fourth-order valence-corrected chi connectivity index (χ4v) is 2.27. The summed E-state index contributed by atoms with van der Waals surface area (Å²) in [5.74, 6) is -0.450. The van der Waals surface area contributed by atoms with Gasteiger partial charge in [0, 0.05) is 11.8 Å². The average Bonchev–Trinajstić information content (AvgIpc) is 2.66. The first-order valence-electron chi connectivity index (χ1n) is 4.59. The Morgan fingerprint density at radius 2 is 2.44 bits per heavy atom. The summed E-state index contributed by atoms with van der Waals surface area (Å²) >= 11 is 8.78. The van der Waals surface area contributed by atoms with E-state index in [4.69, 9.17) is 11.6 Å². The van der Waals surface area contributed by atoms with Gasteiger partial charge >= 0.3 is 5.97 Å². The van der Waals surface area contributed by atoms with Crippen LogP contribution in [0, 0.1) is 0 Å². The van der Waals surface area contributed by atoms with Crippen LogP contribution in [-0.2, 0) is 4.74 Å². The van der Waals surface area contributed by atoms with Crippen LogP contribution < -0.4 is 5.32 Å². The number of rotatable bonds is 5. The molecule has 1 aromatic heterocycles. The molecular weight excluding hydrogens is 268 g/mol. The quantitative estimate of drug-likeness (QED) is 0.841. The van der Waals surface area contributed by atoms with Gasteiger partial charge in [-0.05, 0) is 6.26 Å². The van der Waals surface area contributed by atoms with Crippen LogP contribution in [0.4, 0.5) is 5.13 Å². The van der Waals surface area contributed by atoms with E-state index in [-0.39, 0.29) is 5.15 Å². The Labute approximate surface area is 108 Å². The Balaban J connectivity index is 2.66. The van der Waals surface area contributed by atoms with Crippen molar-refractivity contribution < 1.29 is 9.53 Å². The zero-order valence-electron chi connectivity index (χ0n) is 9.24. The van der Waals surface area contributed by atoms with Crippen molar-refractivity contribution in [2.45, 2.75) is 12.2 Å². The summed E-state index contributed by atoms with van der Waals surface area (Å²) in [5, 5.41) is 4.44. The molecule has 1 atom stereocenters. The summed E-state index contributed by atoms with van der Waals surface area (Å²) in [4.78, 5) is 15.7. The highest BCUT2D eigenvalue weighted by Crippen LogP contribution is 2.27. The van der Waals surface area contributed by atoms with E-state index >= 15 is 0 Å². The lowest BCUT2D eigenvalue weighted by Gasteiger charge is -2.07. The third kappa shape index (κ3) is 3.54. The second-order valence-electron chi connectivity index (χ2n) is 3.06. The minimum Gasteiger partial charge on any atom is -0.465 e. The van der Waals surface area contributed by atoms with Gasteiger partial charge in [0.1, 0.15) is 0 Å². The van der Waals surface area contributed by atoms with Gasteiger partial charge in [-0.25, -0.2) is 9.78 Å². The molecular formula is C9H13ClN2O2S2. The maximum atomic E-state index is 11.3. The third-order valence-corrected chi connectivity index (χ3v) is 4.25. The molecule has 0 spiro atoms. The Morgan fingerprint density at radius 3 is 3.00 bits per heavy atom. The minimum atomic E-state index is -0.450. The Morgan fingerprint density at radius 1 is 1.75 bits per heavy atom. The highest BCUT2D eigenvalue weighted by molar-refractivity contribution is 7.99. The Hall–Kier alpha value is -0.460. The SMILES string of the molecule is COC(=O)c1sc(NCC(C)SC)nc1Cl. The van der Waals surface area contributed by atoms with E-state index in [0.717, 1.165) is 6.54 Å². The summed E-state index contributed by atoms with van der Waals surface area (Å²) in [6.45, 7) is 2.89. The standard InChI is InChI=1S/C9H13ClN2O2S2/c1-5(15-3)4-11-9-12-7(10)6(16-9)8(13)14-2/h5H,4H2,1-3H3,(H,11,12). The van der Waals surface area contributed by atoms with Crippen molar-refractivity contribution >= 4 is 45.8 Å². The summed E-state index contributed by atoms with van der Waals surface area (Å²) < 4.78 is 4.59. The fraction of sp³-hybridized carbons (Fsp3) is 0.556. The largest absolute Gasteiger partial charge is 0.465 e. The number of anilines is 1. The predicted molar refractivity (Wildman–Crippen MR) is 69.9 cm³/mol. The maximum absolute atomic E-state index is 11.3. The lowest BCUT2D eigenvalue weighted by Crippen LogP contribution is -2.12. The number of methoxy groups -OCH3 is 1. The number of nitrogens with one attached hydrogen (secondary N) is 1. The van der Waals surface area contributed by atoms with Crippen LogP contribution in [0.2, 0.25) is 5.15 Å². The molecule has 0 aliphatic carbocycles. The number of aromatic nitrogens is 1. The molecule has 0 bridgehead atoms. The van der Waals surface area contributed by atoms with Crippen molar-refractivity contribution in [1.29, 1.82) is 0 Å². The van der Waals surface area contributed by atoms with Gasteiger partial charge in [-0.15, -0.1) is 0 Å². The summed E-state index contributed by atoms with van der Waals surface area (Å²) in [6.07, 6.45) is 2.04. The Bertz CT molecular complexity index is 370. The van der Waals surface area contributed by atoms with Crippen LogP contribution >= 0.6 is 34.7 Å². The highest BCUT2D eigenvalue weighted by Gasteiger charge is 2.17. The maximum Gasteiger partial charge on any atom is 0.351 e. The number of thiazole rings is 1. The molecule has 0 aliphatic rings. The second-order valence-corrected chi connectivity index (χ2v) is 5.69. The molecule has 1 unspecified atom stereocenters. The first kappa shape index (κ1) is 13.6. The fourth-order valence-electron chi connectivity index (χ4n) is 0.910. The molecule has 1 heterocycles. The Kier molecular flexibility index (Phi) is 5.37. The first-order chi connectivity index (χ1) is 7.58. The monoisotopic (exact) mass is 280 g/mol. The van der Waals surface area contributed by atoms with Crippen LogP contribution in [0.1, 0.15) is 16.6 Å². The van der Waals surface area contributed by atoms with Gasteiger partial charge in [-0.3, -0.25) is 0 Å². The van der Waals surface area contributed by atoms with Crippen molar-refractivity contribution in [3.05, 3.63) is 10.0 Å². The molecule has 7 heteroatoms. The normalized spacial score (nSPS) is 12.2. The minimum absolute atomic E-state index is 0.191. The van der Waals surface area contributed by atoms with E-state index in [2.05, 4.69) is 22.0 Å². The van der Waals surface area contributed by atoms with E-state index in [9.17, 15) is 4.79 Å². The molecule has 1 N–H and O–H groups in total.